The molecule has 1 aromatic carbocycles. The van der Waals surface area contributed by atoms with Crippen molar-refractivity contribution in [1.29, 1.82) is 5.26 Å². The Morgan fingerprint density at radius 3 is 2.56 bits per heavy atom. The van der Waals surface area contributed by atoms with Crippen molar-refractivity contribution in [1.82, 2.24) is 0 Å². The molecule has 0 aromatic heterocycles. The zero-order valence-electron chi connectivity index (χ0n) is 8.73. The molecule has 0 aliphatic heterocycles. The van der Waals surface area contributed by atoms with E-state index in [1.807, 2.05) is 0 Å². The first-order valence-electron chi connectivity index (χ1n) is 4.50. The average molecular weight is 250 g/mol. The summed E-state index contributed by atoms with van der Waals surface area (Å²) < 4.78 is 0. The Bertz CT molecular complexity index is 574. The third-order valence-electron chi connectivity index (χ3n) is 2.16. The van der Waals surface area contributed by atoms with Gasteiger partial charge >= 0.3 is 5.97 Å². The van der Waals surface area contributed by atoms with Gasteiger partial charge in [0.1, 0.15) is 11.6 Å². The fourth-order valence-corrected chi connectivity index (χ4v) is 1.33. The molecular formula is C10H6N2O6. The highest BCUT2D eigenvalue weighted by Crippen LogP contribution is 2.26. The number of aldehydes is 1. The molecule has 0 bridgehead atoms. The van der Waals surface area contributed by atoms with Crippen LogP contribution in [0.25, 0.3) is 0 Å². The quantitative estimate of drug-likeness (QED) is 0.447. The van der Waals surface area contributed by atoms with Crippen molar-refractivity contribution in [2.45, 2.75) is 6.10 Å². The smallest absolute Gasteiger partial charge is 0.337 e. The Kier molecular flexibility index (Phi) is 3.71. The number of carbonyl (C=O) groups excluding carboxylic acids is 1. The fourth-order valence-electron chi connectivity index (χ4n) is 1.33. The summed E-state index contributed by atoms with van der Waals surface area (Å²) >= 11 is 0. The van der Waals surface area contributed by atoms with Gasteiger partial charge in [0.2, 0.25) is 0 Å². The first kappa shape index (κ1) is 13.3. The van der Waals surface area contributed by atoms with Gasteiger partial charge in [-0.2, -0.15) is 5.26 Å². The Morgan fingerprint density at radius 2 is 2.17 bits per heavy atom. The van der Waals surface area contributed by atoms with E-state index >= 15 is 0 Å². The van der Waals surface area contributed by atoms with Crippen LogP contribution in [-0.4, -0.2) is 27.4 Å². The maximum atomic E-state index is 10.7. The summed E-state index contributed by atoms with van der Waals surface area (Å²) in [6.45, 7) is 0. The van der Waals surface area contributed by atoms with Crippen molar-refractivity contribution in [2.24, 2.45) is 0 Å². The van der Waals surface area contributed by atoms with Gasteiger partial charge in [0.25, 0.3) is 5.69 Å². The van der Waals surface area contributed by atoms with E-state index in [0.717, 1.165) is 12.1 Å². The summed E-state index contributed by atoms with van der Waals surface area (Å²) in [5.41, 5.74) is -1.88. The SMILES string of the molecule is N#Cc1c(C=O)cc(C(O)C(=O)O)cc1[N+](=O)[O-]. The molecule has 1 unspecified atom stereocenters. The molecule has 0 spiro atoms. The molecule has 1 atom stereocenters. The second kappa shape index (κ2) is 5.03. The maximum Gasteiger partial charge on any atom is 0.337 e. The minimum atomic E-state index is -2.00. The first-order chi connectivity index (χ1) is 8.42. The van der Waals surface area contributed by atoms with Crippen LogP contribution >= 0.6 is 0 Å². The number of nitro groups is 1. The van der Waals surface area contributed by atoms with Gasteiger partial charge in [0.05, 0.1) is 4.92 Å². The lowest BCUT2D eigenvalue weighted by Crippen LogP contribution is -2.12. The predicted octanol–water partition coefficient (Wildman–Crippen LogP) is 0.397. The van der Waals surface area contributed by atoms with Crippen LogP contribution in [0.5, 0.6) is 0 Å². The summed E-state index contributed by atoms with van der Waals surface area (Å²) in [6.07, 6.45) is -1.82. The van der Waals surface area contributed by atoms with Crippen LogP contribution in [0.3, 0.4) is 0 Å². The number of hydrogen-bond donors (Lipinski definition) is 2. The van der Waals surface area contributed by atoms with Crippen molar-refractivity contribution in [2.75, 3.05) is 0 Å². The van der Waals surface area contributed by atoms with Crippen LogP contribution in [0.2, 0.25) is 0 Å². The second-order valence-electron chi connectivity index (χ2n) is 3.23. The number of nitriles is 1. The van der Waals surface area contributed by atoms with Gasteiger partial charge in [-0.05, 0) is 11.6 Å². The number of carboxylic acid groups (broad SMARTS) is 1. The van der Waals surface area contributed by atoms with E-state index in [9.17, 15) is 24.8 Å². The number of hydrogen-bond acceptors (Lipinski definition) is 6. The number of aliphatic hydroxyl groups excluding tert-OH is 1. The van der Waals surface area contributed by atoms with Crippen LogP contribution in [0, 0.1) is 21.4 Å². The Morgan fingerprint density at radius 1 is 1.56 bits per heavy atom. The molecule has 0 radical (unpaired) electrons. The lowest BCUT2D eigenvalue weighted by atomic mass is 10.00. The molecule has 92 valence electrons. The number of nitrogens with zero attached hydrogens (tertiary/aromatic N) is 2. The Hall–Kier alpha value is -2.79. The van der Waals surface area contributed by atoms with E-state index in [4.69, 9.17) is 10.4 Å². The topological polar surface area (TPSA) is 142 Å². The summed E-state index contributed by atoms with van der Waals surface area (Å²) in [7, 11) is 0. The number of aliphatic carboxylic acids is 1. The zero-order chi connectivity index (χ0) is 13.9. The van der Waals surface area contributed by atoms with E-state index in [-0.39, 0.29) is 17.4 Å². The highest BCUT2D eigenvalue weighted by Gasteiger charge is 2.24. The molecule has 0 aliphatic rings. The molecule has 0 fully saturated rings. The molecule has 8 nitrogen and oxygen atoms in total. The van der Waals surface area contributed by atoms with Gasteiger partial charge in [0, 0.05) is 11.6 Å². The number of nitro benzene ring substituents is 1. The van der Waals surface area contributed by atoms with Crippen LogP contribution in [0.15, 0.2) is 12.1 Å². The largest absolute Gasteiger partial charge is 0.479 e. The normalized spacial score (nSPS) is 11.3. The van der Waals surface area contributed by atoms with E-state index in [2.05, 4.69) is 0 Å². The summed E-state index contributed by atoms with van der Waals surface area (Å²) in [5.74, 6) is -1.62. The van der Waals surface area contributed by atoms with Crippen molar-refractivity contribution < 1.29 is 24.7 Å². The van der Waals surface area contributed by atoms with Gasteiger partial charge in [-0.3, -0.25) is 14.9 Å². The average Bonchev–Trinajstić information content (AvgIpc) is 2.35. The van der Waals surface area contributed by atoms with Crippen molar-refractivity contribution in [3.8, 4) is 6.07 Å². The third kappa shape index (κ3) is 2.31. The van der Waals surface area contributed by atoms with Crippen molar-refractivity contribution in [3.63, 3.8) is 0 Å². The molecule has 0 aliphatic carbocycles. The molecule has 1 aromatic rings. The van der Waals surface area contributed by atoms with Gasteiger partial charge in [0.15, 0.2) is 12.4 Å². The molecule has 1 rings (SSSR count). The lowest BCUT2D eigenvalue weighted by Gasteiger charge is -2.07. The molecular weight excluding hydrogens is 244 g/mol. The molecule has 8 heteroatoms. The summed E-state index contributed by atoms with van der Waals surface area (Å²) in [5, 5.41) is 37.3. The molecule has 0 saturated carbocycles. The standard InChI is InChI=1S/C10H6N2O6/c11-3-7-6(4-13)1-5(9(14)10(15)16)2-8(7)12(17)18/h1-2,4,9,14H,(H,15,16). The third-order valence-corrected chi connectivity index (χ3v) is 2.16. The molecule has 18 heavy (non-hydrogen) atoms. The minimum absolute atomic E-state index is 0.184. The minimum Gasteiger partial charge on any atom is -0.479 e. The molecule has 0 saturated heterocycles. The van der Waals surface area contributed by atoms with Gasteiger partial charge in [-0.15, -0.1) is 0 Å². The second-order valence-corrected chi connectivity index (χ2v) is 3.23. The predicted molar refractivity (Wildman–Crippen MR) is 55.8 cm³/mol. The van der Waals surface area contributed by atoms with Gasteiger partial charge in [-0.1, -0.05) is 0 Å². The van der Waals surface area contributed by atoms with Crippen LogP contribution in [-0.2, 0) is 4.79 Å². The van der Waals surface area contributed by atoms with Crippen LogP contribution in [0.1, 0.15) is 27.6 Å². The summed E-state index contributed by atoms with van der Waals surface area (Å²) in [4.78, 5) is 31.0. The highest BCUT2D eigenvalue weighted by molar-refractivity contribution is 5.84. The molecule has 2 N–H and O–H groups in total. The monoisotopic (exact) mass is 250 g/mol. The number of benzene rings is 1. The van der Waals surface area contributed by atoms with Crippen molar-refractivity contribution >= 4 is 17.9 Å². The lowest BCUT2D eigenvalue weighted by molar-refractivity contribution is -0.385. The van der Waals surface area contributed by atoms with Crippen LogP contribution < -0.4 is 0 Å². The fraction of sp³-hybridized carbons (Fsp3) is 0.100. The molecule has 0 heterocycles. The van der Waals surface area contributed by atoms with E-state index < -0.39 is 28.2 Å². The number of rotatable bonds is 4. The first-order valence-corrected chi connectivity index (χ1v) is 4.50. The number of carboxylic acids is 1. The van der Waals surface area contributed by atoms with Crippen molar-refractivity contribution in [3.05, 3.63) is 38.9 Å². The van der Waals surface area contributed by atoms with E-state index in [0.29, 0.717) is 0 Å². The summed E-state index contributed by atoms with van der Waals surface area (Å²) in [6, 6.07) is 3.17. The highest BCUT2D eigenvalue weighted by atomic mass is 16.6. The number of aliphatic hydroxyl groups is 1. The van der Waals surface area contributed by atoms with E-state index in [1.54, 1.807) is 0 Å². The van der Waals surface area contributed by atoms with E-state index in [1.165, 1.54) is 6.07 Å². The Labute approximate surface area is 99.8 Å². The Balaban J connectivity index is 3.56. The zero-order valence-corrected chi connectivity index (χ0v) is 8.73. The molecule has 0 amide bonds. The number of carbonyl (C=O) groups is 2. The maximum absolute atomic E-state index is 10.7. The van der Waals surface area contributed by atoms with Crippen LogP contribution in [0.4, 0.5) is 5.69 Å². The van der Waals surface area contributed by atoms with Gasteiger partial charge in [-0.25, -0.2) is 4.79 Å². The van der Waals surface area contributed by atoms with Gasteiger partial charge < -0.3 is 10.2 Å².